The highest BCUT2D eigenvalue weighted by Gasteiger charge is 2.11. The van der Waals surface area contributed by atoms with Crippen molar-refractivity contribution < 1.29 is 4.57 Å². The molecule has 3 heteroatoms. The summed E-state index contributed by atoms with van der Waals surface area (Å²) in [6.07, 6.45) is 0. The third-order valence-electron chi connectivity index (χ3n) is 2.08. The molecule has 0 aliphatic carbocycles. The molecule has 1 aromatic heterocycles. The van der Waals surface area contributed by atoms with Gasteiger partial charge in [0.25, 0.3) is 0 Å². The van der Waals surface area contributed by atoms with E-state index in [1.807, 2.05) is 12.1 Å². The quantitative estimate of drug-likeness (QED) is 0.483. The topological polar surface area (TPSA) is 29.9 Å². The van der Waals surface area contributed by atoms with Gasteiger partial charge in [-0.1, -0.05) is 11.3 Å². The first-order valence-corrected chi connectivity index (χ1v) is 4.65. The van der Waals surface area contributed by atoms with Gasteiger partial charge in [0.1, 0.15) is 11.7 Å². The Kier molecular flexibility index (Phi) is 1.54. The number of fused-ring (bicyclic) bond motifs is 1. The Morgan fingerprint density at radius 2 is 2.17 bits per heavy atom. The molecule has 1 aromatic carbocycles. The summed E-state index contributed by atoms with van der Waals surface area (Å²) in [6.45, 7) is 2.11. The SMILES string of the molecule is Cc1sc2cc(N)ccc2[n+]1C. The number of hydrogen-bond acceptors (Lipinski definition) is 2. The van der Waals surface area contributed by atoms with Crippen molar-refractivity contribution in [3.63, 3.8) is 0 Å². The first-order chi connectivity index (χ1) is 5.68. The normalized spacial score (nSPS) is 10.8. The van der Waals surface area contributed by atoms with Crippen molar-refractivity contribution in [3.05, 3.63) is 23.2 Å². The van der Waals surface area contributed by atoms with Crippen molar-refractivity contribution in [2.75, 3.05) is 5.73 Å². The van der Waals surface area contributed by atoms with Gasteiger partial charge in [0.15, 0.2) is 0 Å². The molecule has 2 nitrogen and oxygen atoms in total. The summed E-state index contributed by atoms with van der Waals surface area (Å²) >= 11 is 1.78. The van der Waals surface area contributed by atoms with Crippen LogP contribution >= 0.6 is 11.3 Å². The van der Waals surface area contributed by atoms with Crippen molar-refractivity contribution in [1.82, 2.24) is 0 Å². The second-order valence-corrected chi connectivity index (χ2v) is 4.14. The minimum Gasteiger partial charge on any atom is -0.399 e. The molecule has 0 spiro atoms. The minimum absolute atomic E-state index is 0.837. The molecule has 1 heterocycles. The molecule has 62 valence electrons. The maximum absolute atomic E-state index is 5.68. The largest absolute Gasteiger partial charge is 0.399 e. The molecule has 2 rings (SSSR count). The molecule has 0 saturated carbocycles. The van der Waals surface area contributed by atoms with E-state index in [9.17, 15) is 0 Å². The van der Waals surface area contributed by atoms with E-state index >= 15 is 0 Å². The van der Waals surface area contributed by atoms with Crippen LogP contribution in [0.15, 0.2) is 18.2 Å². The average molecular weight is 179 g/mol. The summed E-state index contributed by atoms with van der Waals surface area (Å²) < 4.78 is 3.44. The van der Waals surface area contributed by atoms with Crippen LogP contribution in [-0.4, -0.2) is 0 Å². The maximum atomic E-state index is 5.68. The first kappa shape index (κ1) is 7.55. The van der Waals surface area contributed by atoms with E-state index in [1.165, 1.54) is 15.2 Å². The van der Waals surface area contributed by atoms with Gasteiger partial charge in [0.2, 0.25) is 10.5 Å². The van der Waals surface area contributed by atoms with E-state index in [4.69, 9.17) is 5.73 Å². The van der Waals surface area contributed by atoms with Gasteiger partial charge in [-0.25, -0.2) is 0 Å². The number of nitrogens with zero attached hydrogens (tertiary/aromatic N) is 1. The maximum Gasteiger partial charge on any atom is 0.234 e. The summed E-state index contributed by atoms with van der Waals surface area (Å²) in [6, 6.07) is 6.02. The lowest BCUT2D eigenvalue weighted by Gasteiger charge is -1.88. The van der Waals surface area contributed by atoms with Crippen LogP contribution in [0.4, 0.5) is 5.69 Å². The van der Waals surface area contributed by atoms with E-state index in [0.717, 1.165) is 5.69 Å². The highest BCUT2D eigenvalue weighted by molar-refractivity contribution is 7.18. The summed E-state index contributed by atoms with van der Waals surface area (Å²) in [4.78, 5) is 0. The minimum atomic E-state index is 0.837. The van der Waals surface area contributed by atoms with Crippen molar-refractivity contribution in [1.29, 1.82) is 0 Å². The Morgan fingerprint density at radius 3 is 2.92 bits per heavy atom. The molecule has 0 bridgehead atoms. The predicted molar refractivity (Wildman–Crippen MR) is 52.2 cm³/mol. The molecule has 0 aliphatic rings. The van der Waals surface area contributed by atoms with Gasteiger partial charge in [0, 0.05) is 18.7 Å². The van der Waals surface area contributed by atoms with Gasteiger partial charge in [0.05, 0.1) is 0 Å². The van der Waals surface area contributed by atoms with Crippen LogP contribution in [0.2, 0.25) is 0 Å². The van der Waals surface area contributed by atoms with E-state index < -0.39 is 0 Å². The zero-order valence-electron chi connectivity index (χ0n) is 7.16. The third-order valence-corrected chi connectivity index (χ3v) is 3.19. The van der Waals surface area contributed by atoms with Crippen molar-refractivity contribution in [3.8, 4) is 0 Å². The molecule has 12 heavy (non-hydrogen) atoms. The predicted octanol–water partition coefficient (Wildman–Crippen LogP) is 1.62. The van der Waals surface area contributed by atoms with Crippen LogP contribution in [0.3, 0.4) is 0 Å². The van der Waals surface area contributed by atoms with Crippen molar-refractivity contribution in [2.24, 2.45) is 7.05 Å². The number of nitrogen functional groups attached to an aromatic ring is 1. The van der Waals surface area contributed by atoms with Crippen LogP contribution in [0, 0.1) is 6.92 Å². The molecule has 0 unspecified atom stereocenters. The van der Waals surface area contributed by atoms with E-state index in [2.05, 4.69) is 24.6 Å². The molecule has 2 aromatic rings. The van der Waals surface area contributed by atoms with Crippen LogP contribution in [-0.2, 0) is 7.05 Å². The summed E-state index contributed by atoms with van der Waals surface area (Å²) in [5.41, 5.74) is 7.77. The molecule has 0 saturated heterocycles. The Morgan fingerprint density at radius 1 is 1.42 bits per heavy atom. The lowest BCUT2D eigenvalue weighted by Crippen LogP contribution is -2.28. The van der Waals surface area contributed by atoms with Gasteiger partial charge in [-0.15, -0.1) is 0 Å². The monoisotopic (exact) mass is 179 g/mol. The van der Waals surface area contributed by atoms with Gasteiger partial charge < -0.3 is 5.73 Å². The number of thiazole rings is 1. The van der Waals surface area contributed by atoms with Crippen LogP contribution < -0.4 is 10.3 Å². The number of anilines is 1. The number of aromatic nitrogens is 1. The fraction of sp³-hybridized carbons (Fsp3) is 0.222. The molecule has 0 atom stereocenters. The van der Waals surface area contributed by atoms with Gasteiger partial charge in [-0.05, 0) is 12.1 Å². The molecule has 0 fully saturated rings. The molecular formula is C9H11N2S+. The smallest absolute Gasteiger partial charge is 0.234 e. The Balaban J connectivity index is 2.87. The average Bonchev–Trinajstić information content (AvgIpc) is 2.28. The fourth-order valence-corrected chi connectivity index (χ4v) is 2.34. The van der Waals surface area contributed by atoms with E-state index in [1.54, 1.807) is 11.3 Å². The van der Waals surface area contributed by atoms with E-state index in [-0.39, 0.29) is 0 Å². The molecular weight excluding hydrogens is 168 g/mol. The van der Waals surface area contributed by atoms with Gasteiger partial charge in [-0.3, -0.25) is 0 Å². The number of aryl methyl sites for hydroxylation is 2. The fourth-order valence-electron chi connectivity index (χ4n) is 1.29. The molecule has 0 radical (unpaired) electrons. The summed E-state index contributed by atoms with van der Waals surface area (Å²) in [5.74, 6) is 0. The Bertz CT molecular complexity index is 431. The van der Waals surface area contributed by atoms with Crippen molar-refractivity contribution >= 4 is 27.2 Å². The lowest BCUT2D eigenvalue weighted by molar-refractivity contribution is -0.646. The third kappa shape index (κ3) is 0.975. The highest BCUT2D eigenvalue weighted by Crippen LogP contribution is 2.21. The van der Waals surface area contributed by atoms with Crippen LogP contribution in [0.5, 0.6) is 0 Å². The Labute approximate surface area is 75.3 Å². The second-order valence-electron chi connectivity index (χ2n) is 2.91. The van der Waals surface area contributed by atoms with E-state index in [0.29, 0.717) is 0 Å². The van der Waals surface area contributed by atoms with Crippen LogP contribution in [0.25, 0.3) is 10.2 Å². The number of nitrogens with two attached hydrogens (primary N) is 1. The Hall–Kier alpha value is -1.09. The van der Waals surface area contributed by atoms with Gasteiger partial charge in [-0.2, -0.15) is 4.57 Å². The number of benzene rings is 1. The van der Waals surface area contributed by atoms with Gasteiger partial charge >= 0.3 is 0 Å². The first-order valence-electron chi connectivity index (χ1n) is 3.83. The van der Waals surface area contributed by atoms with Crippen molar-refractivity contribution in [2.45, 2.75) is 6.92 Å². The lowest BCUT2D eigenvalue weighted by atomic mass is 10.3. The summed E-state index contributed by atoms with van der Waals surface area (Å²) in [7, 11) is 2.07. The zero-order valence-corrected chi connectivity index (χ0v) is 7.98. The zero-order chi connectivity index (χ0) is 8.72. The highest BCUT2D eigenvalue weighted by atomic mass is 32.1. The molecule has 0 amide bonds. The standard InChI is InChI=1S/C9H11N2S/c1-6-11(2)8-4-3-7(10)5-9(8)12-6/h3-5H,10H2,1-2H3/q+1. The second kappa shape index (κ2) is 2.45. The summed E-state index contributed by atoms with van der Waals surface area (Å²) in [5, 5.41) is 1.30. The molecule has 2 N–H and O–H groups in total. The number of rotatable bonds is 0. The molecule has 0 aliphatic heterocycles. The number of hydrogen-bond donors (Lipinski definition) is 1. The van der Waals surface area contributed by atoms with Crippen LogP contribution in [0.1, 0.15) is 5.01 Å².